The summed E-state index contributed by atoms with van der Waals surface area (Å²) in [5.74, 6) is -0.366. The molecule has 3 N–H and O–H groups in total. The highest BCUT2D eigenvalue weighted by molar-refractivity contribution is 7.92. The van der Waals surface area contributed by atoms with Crippen molar-refractivity contribution in [3.8, 4) is 5.75 Å². The standard InChI is InChI=1S/C9H11F3N2O3S/c1-17-8-6(14-18(2,15)16)4-3-5(7(8)13)9(10,11)12/h3-4,14H,13H2,1-2H3. The van der Waals surface area contributed by atoms with Gasteiger partial charge in [-0.15, -0.1) is 0 Å². The van der Waals surface area contributed by atoms with Crippen LogP contribution in [0.25, 0.3) is 0 Å². The van der Waals surface area contributed by atoms with Gasteiger partial charge in [0.25, 0.3) is 0 Å². The highest BCUT2D eigenvalue weighted by atomic mass is 32.2. The Kier molecular flexibility index (Phi) is 3.65. The highest BCUT2D eigenvalue weighted by Crippen LogP contribution is 2.41. The summed E-state index contributed by atoms with van der Waals surface area (Å²) in [6.07, 6.45) is -3.78. The van der Waals surface area contributed by atoms with Crippen LogP contribution in [-0.4, -0.2) is 21.8 Å². The largest absolute Gasteiger partial charge is 0.492 e. The van der Waals surface area contributed by atoms with E-state index in [2.05, 4.69) is 0 Å². The van der Waals surface area contributed by atoms with E-state index in [0.717, 1.165) is 19.4 Å². The van der Waals surface area contributed by atoms with E-state index in [1.165, 1.54) is 0 Å². The Morgan fingerprint density at radius 3 is 2.28 bits per heavy atom. The zero-order chi connectivity index (χ0) is 14.1. The maximum absolute atomic E-state index is 12.6. The van der Waals surface area contributed by atoms with E-state index in [4.69, 9.17) is 10.5 Å². The molecule has 0 bridgehead atoms. The van der Waals surface area contributed by atoms with Gasteiger partial charge in [-0.2, -0.15) is 13.2 Å². The minimum atomic E-state index is -4.64. The second-order valence-electron chi connectivity index (χ2n) is 3.48. The number of anilines is 2. The summed E-state index contributed by atoms with van der Waals surface area (Å²) < 4.78 is 66.5. The SMILES string of the molecule is COc1c(NS(C)(=O)=O)ccc(C(F)(F)F)c1N. The van der Waals surface area contributed by atoms with Crippen molar-refractivity contribution in [2.45, 2.75) is 6.18 Å². The van der Waals surface area contributed by atoms with Gasteiger partial charge in [0.2, 0.25) is 10.0 Å². The number of ether oxygens (including phenoxy) is 1. The van der Waals surface area contributed by atoms with E-state index in [1.54, 1.807) is 0 Å². The minimum Gasteiger partial charge on any atom is -0.492 e. The van der Waals surface area contributed by atoms with Gasteiger partial charge in [0.05, 0.1) is 30.3 Å². The zero-order valence-corrected chi connectivity index (χ0v) is 10.3. The Morgan fingerprint density at radius 2 is 1.89 bits per heavy atom. The van der Waals surface area contributed by atoms with Crippen LogP contribution in [0.15, 0.2) is 12.1 Å². The van der Waals surface area contributed by atoms with Crippen LogP contribution in [0.1, 0.15) is 5.56 Å². The Balaban J connectivity index is 3.39. The van der Waals surface area contributed by atoms with Gasteiger partial charge in [-0.3, -0.25) is 4.72 Å². The molecule has 9 heteroatoms. The van der Waals surface area contributed by atoms with Crippen molar-refractivity contribution in [1.29, 1.82) is 0 Å². The Labute approximate surface area is 102 Å². The summed E-state index contributed by atoms with van der Waals surface area (Å²) in [4.78, 5) is 0. The molecule has 0 saturated carbocycles. The van der Waals surface area contributed by atoms with Gasteiger partial charge in [0.1, 0.15) is 0 Å². The Hall–Kier alpha value is -1.64. The van der Waals surface area contributed by atoms with Crippen LogP contribution in [0, 0.1) is 0 Å². The monoisotopic (exact) mass is 284 g/mol. The summed E-state index contributed by atoms with van der Waals surface area (Å²) in [7, 11) is -2.55. The molecule has 0 unspecified atom stereocenters. The first kappa shape index (κ1) is 14.4. The van der Waals surface area contributed by atoms with Crippen molar-refractivity contribution in [1.82, 2.24) is 0 Å². The zero-order valence-electron chi connectivity index (χ0n) is 9.50. The molecule has 0 atom stereocenters. The molecule has 0 saturated heterocycles. The summed E-state index contributed by atoms with van der Waals surface area (Å²) in [6.45, 7) is 0. The molecule has 0 aromatic heterocycles. The van der Waals surface area contributed by atoms with Crippen molar-refractivity contribution in [3.05, 3.63) is 17.7 Å². The number of hydrogen-bond donors (Lipinski definition) is 2. The van der Waals surface area contributed by atoms with Crippen molar-refractivity contribution in [3.63, 3.8) is 0 Å². The number of nitrogens with two attached hydrogens (primary N) is 1. The molecule has 18 heavy (non-hydrogen) atoms. The predicted molar refractivity (Wildman–Crippen MR) is 60.9 cm³/mol. The topological polar surface area (TPSA) is 81.4 Å². The molecule has 0 aliphatic heterocycles. The second kappa shape index (κ2) is 4.56. The van der Waals surface area contributed by atoms with Crippen molar-refractivity contribution in [2.75, 3.05) is 23.8 Å². The van der Waals surface area contributed by atoms with Gasteiger partial charge < -0.3 is 10.5 Å². The van der Waals surface area contributed by atoms with Crippen LogP contribution < -0.4 is 15.2 Å². The number of sulfonamides is 1. The molecular formula is C9H11F3N2O3S. The quantitative estimate of drug-likeness (QED) is 0.827. The van der Waals surface area contributed by atoms with Gasteiger partial charge in [-0.1, -0.05) is 0 Å². The summed E-state index contributed by atoms with van der Waals surface area (Å²) >= 11 is 0. The molecule has 1 aromatic rings. The normalized spacial score (nSPS) is 12.3. The van der Waals surface area contributed by atoms with E-state index in [9.17, 15) is 21.6 Å². The third kappa shape index (κ3) is 3.19. The van der Waals surface area contributed by atoms with E-state index in [-0.39, 0.29) is 11.4 Å². The number of benzene rings is 1. The maximum Gasteiger partial charge on any atom is 0.418 e. The molecule has 0 heterocycles. The fraction of sp³-hybridized carbons (Fsp3) is 0.333. The fourth-order valence-corrected chi connectivity index (χ4v) is 1.91. The molecular weight excluding hydrogens is 273 g/mol. The van der Waals surface area contributed by atoms with E-state index < -0.39 is 27.5 Å². The van der Waals surface area contributed by atoms with Gasteiger partial charge in [0, 0.05) is 0 Å². The maximum atomic E-state index is 12.6. The van der Waals surface area contributed by atoms with Gasteiger partial charge in [-0.25, -0.2) is 8.42 Å². The lowest BCUT2D eigenvalue weighted by Gasteiger charge is -2.16. The molecule has 0 aliphatic rings. The molecule has 5 nitrogen and oxygen atoms in total. The lowest BCUT2D eigenvalue weighted by atomic mass is 10.1. The predicted octanol–water partition coefficient (Wildman–Crippen LogP) is 1.67. The van der Waals surface area contributed by atoms with Gasteiger partial charge >= 0.3 is 6.18 Å². The lowest BCUT2D eigenvalue weighted by Crippen LogP contribution is -2.14. The smallest absolute Gasteiger partial charge is 0.418 e. The van der Waals surface area contributed by atoms with Gasteiger partial charge in [-0.05, 0) is 12.1 Å². The average Bonchev–Trinajstić information content (AvgIpc) is 2.13. The van der Waals surface area contributed by atoms with Crippen LogP contribution in [-0.2, 0) is 16.2 Å². The van der Waals surface area contributed by atoms with Gasteiger partial charge in [0.15, 0.2) is 5.75 Å². The summed E-state index contributed by atoms with van der Waals surface area (Å²) in [6, 6.07) is 1.63. The van der Waals surface area contributed by atoms with Crippen molar-refractivity contribution < 1.29 is 26.3 Å². The van der Waals surface area contributed by atoms with Crippen molar-refractivity contribution >= 4 is 21.4 Å². The first-order chi connectivity index (χ1) is 8.06. The summed E-state index contributed by atoms with van der Waals surface area (Å²) in [5, 5.41) is 0. The van der Waals surface area contributed by atoms with Crippen LogP contribution in [0.5, 0.6) is 5.75 Å². The first-order valence-corrected chi connectivity index (χ1v) is 6.47. The number of methoxy groups -OCH3 is 1. The molecule has 102 valence electrons. The number of nitrogens with one attached hydrogen (secondary N) is 1. The number of halogens is 3. The Morgan fingerprint density at radius 1 is 1.33 bits per heavy atom. The second-order valence-corrected chi connectivity index (χ2v) is 5.23. The van der Waals surface area contributed by atoms with Crippen LogP contribution >= 0.6 is 0 Å². The molecule has 1 aromatic carbocycles. The van der Waals surface area contributed by atoms with E-state index >= 15 is 0 Å². The van der Waals surface area contributed by atoms with Crippen LogP contribution in [0.2, 0.25) is 0 Å². The average molecular weight is 284 g/mol. The fourth-order valence-electron chi connectivity index (χ4n) is 1.35. The number of hydrogen-bond acceptors (Lipinski definition) is 4. The number of alkyl halides is 3. The van der Waals surface area contributed by atoms with Crippen LogP contribution in [0.4, 0.5) is 24.5 Å². The molecule has 0 fully saturated rings. The molecule has 0 spiro atoms. The van der Waals surface area contributed by atoms with Crippen molar-refractivity contribution in [2.24, 2.45) is 0 Å². The lowest BCUT2D eigenvalue weighted by molar-refractivity contribution is -0.137. The molecule has 0 aliphatic carbocycles. The first-order valence-electron chi connectivity index (χ1n) is 4.57. The highest BCUT2D eigenvalue weighted by Gasteiger charge is 2.35. The Bertz CT molecular complexity index is 555. The molecule has 0 radical (unpaired) electrons. The minimum absolute atomic E-state index is 0.148. The third-order valence-electron chi connectivity index (χ3n) is 2.00. The molecule has 0 amide bonds. The van der Waals surface area contributed by atoms with E-state index in [0.29, 0.717) is 6.07 Å². The number of nitrogen functional groups attached to an aromatic ring is 1. The summed E-state index contributed by atoms with van der Waals surface area (Å²) in [5.41, 5.74) is 3.42. The van der Waals surface area contributed by atoms with E-state index in [1.807, 2.05) is 4.72 Å². The molecule has 1 rings (SSSR count). The number of rotatable bonds is 3. The van der Waals surface area contributed by atoms with Crippen LogP contribution in [0.3, 0.4) is 0 Å². The third-order valence-corrected chi connectivity index (χ3v) is 2.59.